The third-order valence-electron chi connectivity index (χ3n) is 7.38. The van der Waals surface area contributed by atoms with Gasteiger partial charge in [-0.15, -0.1) is 0 Å². The van der Waals surface area contributed by atoms with Crippen molar-refractivity contribution < 1.29 is 19.6 Å². The molecule has 1 heterocycles. The molecule has 5 aliphatic rings. The zero-order valence-corrected chi connectivity index (χ0v) is 15.0. The van der Waals surface area contributed by atoms with Gasteiger partial charge in [-0.3, -0.25) is 10.1 Å². The van der Waals surface area contributed by atoms with E-state index in [4.69, 9.17) is 10.5 Å². The number of hydrogen-bond donors (Lipinski definition) is 2. The molecule has 0 radical (unpaired) electrons. The van der Waals surface area contributed by atoms with Gasteiger partial charge in [0.05, 0.1) is 16.6 Å². The number of rotatable bonds is 2. The first-order valence-corrected chi connectivity index (χ1v) is 9.64. The van der Waals surface area contributed by atoms with E-state index in [1.165, 1.54) is 12.1 Å². The molecular weight excluding hydrogens is 350 g/mol. The molecule has 6 rings (SSSR count). The summed E-state index contributed by atoms with van der Waals surface area (Å²) >= 11 is 0. The molecule has 4 bridgehead atoms. The zero-order chi connectivity index (χ0) is 19.0. The Hall–Kier alpha value is -2.19. The topological polar surface area (TPSA) is 116 Å². The highest BCUT2D eigenvalue weighted by atomic mass is 16.6. The van der Waals surface area contributed by atoms with Crippen LogP contribution in [0.5, 0.6) is 5.75 Å². The molecule has 27 heavy (non-hydrogen) atoms. The number of nitrogens with two attached hydrogens (primary N) is 1. The molecule has 8 nitrogen and oxygen atoms in total. The summed E-state index contributed by atoms with van der Waals surface area (Å²) in [5.41, 5.74) is 5.83. The molecule has 0 saturated heterocycles. The molecular formula is C19H24N3O5+. The predicted octanol–water partition coefficient (Wildman–Crippen LogP) is 2.31. The maximum absolute atomic E-state index is 12.9. The van der Waals surface area contributed by atoms with Crippen molar-refractivity contribution in [3.8, 4) is 5.75 Å². The van der Waals surface area contributed by atoms with Crippen LogP contribution >= 0.6 is 0 Å². The third kappa shape index (κ3) is 2.26. The Balaban J connectivity index is 1.67. The summed E-state index contributed by atoms with van der Waals surface area (Å²) in [5.74, 6) is 1.39. The second-order valence-electron chi connectivity index (χ2n) is 8.87. The van der Waals surface area contributed by atoms with Gasteiger partial charge in [0.2, 0.25) is 0 Å². The summed E-state index contributed by atoms with van der Waals surface area (Å²) in [4.78, 5) is 23.8. The molecule has 4 aliphatic carbocycles. The Bertz CT molecular complexity index is 827. The first-order valence-electron chi connectivity index (χ1n) is 9.64. The van der Waals surface area contributed by atoms with Crippen molar-refractivity contribution in [2.24, 2.45) is 23.5 Å². The van der Waals surface area contributed by atoms with Crippen molar-refractivity contribution in [3.05, 3.63) is 28.3 Å². The Kier molecular flexibility index (Phi) is 3.40. The Morgan fingerprint density at radius 3 is 2.59 bits per heavy atom. The molecule has 0 spiro atoms. The van der Waals surface area contributed by atoms with Crippen LogP contribution in [0, 0.1) is 27.9 Å². The molecule has 4 saturated carbocycles. The number of aliphatic hydroxyl groups is 1. The average molecular weight is 374 g/mol. The molecule has 1 aromatic rings. The summed E-state index contributed by atoms with van der Waals surface area (Å²) < 4.78 is 5.64. The van der Waals surface area contributed by atoms with Gasteiger partial charge in [-0.1, -0.05) is 0 Å². The Morgan fingerprint density at radius 2 is 2.00 bits per heavy atom. The normalized spacial score (nSPS) is 41.7. The van der Waals surface area contributed by atoms with Crippen molar-refractivity contribution in [2.75, 3.05) is 13.2 Å². The lowest BCUT2D eigenvalue weighted by atomic mass is 9.51. The van der Waals surface area contributed by atoms with Gasteiger partial charge in [0.1, 0.15) is 19.2 Å². The minimum atomic E-state index is -0.619. The second kappa shape index (κ2) is 5.42. The first-order chi connectivity index (χ1) is 12.8. The summed E-state index contributed by atoms with van der Waals surface area (Å²) in [6.45, 7) is 0.724. The van der Waals surface area contributed by atoms with Crippen LogP contribution in [-0.4, -0.2) is 40.9 Å². The number of quaternary nitrogens is 1. The molecule has 3 atom stereocenters. The monoisotopic (exact) mass is 374 g/mol. The van der Waals surface area contributed by atoms with Gasteiger partial charge in [-0.25, -0.2) is 4.79 Å². The number of carbonyl (C=O) groups excluding carboxylic acids is 1. The number of nitro groups is 1. The molecule has 0 aromatic heterocycles. The summed E-state index contributed by atoms with van der Waals surface area (Å²) in [6, 6.07) is 3.90. The maximum atomic E-state index is 12.9. The Labute approximate surface area is 156 Å². The van der Waals surface area contributed by atoms with Crippen LogP contribution in [0.4, 0.5) is 16.2 Å². The number of carbonyl (C=O) groups is 1. The first kappa shape index (κ1) is 16.9. The van der Waals surface area contributed by atoms with Gasteiger partial charge >= 0.3 is 6.03 Å². The van der Waals surface area contributed by atoms with E-state index >= 15 is 0 Å². The van der Waals surface area contributed by atoms with E-state index in [1.807, 2.05) is 0 Å². The number of ether oxygens (including phenoxy) is 1. The molecule has 3 N–H and O–H groups in total. The van der Waals surface area contributed by atoms with Gasteiger partial charge in [0, 0.05) is 17.9 Å². The second-order valence-corrected chi connectivity index (χ2v) is 8.87. The fourth-order valence-corrected chi connectivity index (χ4v) is 6.83. The minimum Gasteiger partial charge on any atom is -0.481 e. The van der Waals surface area contributed by atoms with E-state index < -0.39 is 16.6 Å². The molecule has 1 aliphatic heterocycles. The van der Waals surface area contributed by atoms with Crippen LogP contribution in [0.15, 0.2) is 18.2 Å². The summed E-state index contributed by atoms with van der Waals surface area (Å²) in [7, 11) is 0. The van der Waals surface area contributed by atoms with Crippen LogP contribution in [0.2, 0.25) is 0 Å². The van der Waals surface area contributed by atoms with Gasteiger partial charge < -0.3 is 15.6 Å². The highest BCUT2D eigenvalue weighted by Gasteiger charge is 2.64. The average Bonchev–Trinajstić information content (AvgIpc) is 2.59. The smallest absolute Gasteiger partial charge is 0.419 e. The summed E-state index contributed by atoms with van der Waals surface area (Å²) in [5, 5.41) is 22.3. The number of benzene rings is 1. The van der Waals surface area contributed by atoms with E-state index in [2.05, 4.69) is 0 Å². The van der Waals surface area contributed by atoms with Crippen LogP contribution in [0.25, 0.3) is 0 Å². The standard InChI is InChI=1S/C19H23N3O5/c20-18(23)22(3-4-27-16-2-1-14(21(25)26)7-15(16)22)17-12-5-11-6-13(17)10-19(24,8-11)9-12/h1-2,7,11-13,17,24H,3-6,8-10H2,(H-,20,23)/p+1. The predicted molar refractivity (Wildman–Crippen MR) is 97.1 cm³/mol. The summed E-state index contributed by atoms with van der Waals surface area (Å²) in [6.07, 6.45) is 4.20. The maximum Gasteiger partial charge on any atom is 0.419 e. The van der Waals surface area contributed by atoms with E-state index in [9.17, 15) is 20.0 Å². The number of primary amides is 1. The van der Waals surface area contributed by atoms with Crippen LogP contribution < -0.4 is 15.0 Å². The lowest BCUT2D eigenvalue weighted by Crippen LogP contribution is -2.74. The fraction of sp³-hybridized carbons (Fsp3) is 0.632. The molecule has 3 unspecified atom stereocenters. The number of nitro benzene ring substituents is 1. The van der Waals surface area contributed by atoms with E-state index in [0.717, 1.165) is 19.3 Å². The number of non-ortho nitro benzene ring substituents is 1. The van der Waals surface area contributed by atoms with Crippen molar-refractivity contribution in [1.82, 2.24) is 4.48 Å². The van der Waals surface area contributed by atoms with Crippen LogP contribution in [-0.2, 0) is 0 Å². The number of nitrogens with zero attached hydrogens (tertiary/aromatic N) is 2. The number of fused-ring (bicyclic) bond motifs is 1. The lowest BCUT2D eigenvalue weighted by Gasteiger charge is -2.61. The van der Waals surface area contributed by atoms with Gasteiger partial charge in [0.25, 0.3) is 5.69 Å². The number of urea groups is 1. The lowest BCUT2D eigenvalue weighted by molar-refractivity contribution is -0.384. The SMILES string of the molecule is NC(=O)[N+]1(C2C3CC4CC2CC(O)(C4)C3)CCOc2ccc([N+](=O)[O-])cc21. The molecule has 8 heteroatoms. The van der Waals surface area contributed by atoms with Crippen molar-refractivity contribution in [1.29, 1.82) is 0 Å². The Morgan fingerprint density at radius 1 is 1.30 bits per heavy atom. The highest BCUT2D eigenvalue weighted by Crippen LogP contribution is 2.59. The quantitative estimate of drug-likeness (QED) is 0.468. The largest absolute Gasteiger partial charge is 0.481 e. The molecule has 1 aromatic carbocycles. The highest BCUT2D eigenvalue weighted by molar-refractivity contribution is 5.89. The fourth-order valence-electron chi connectivity index (χ4n) is 6.83. The molecule has 144 valence electrons. The third-order valence-corrected chi connectivity index (χ3v) is 7.38. The van der Waals surface area contributed by atoms with Crippen LogP contribution in [0.3, 0.4) is 0 Å². The van der Waals surface area contributed by atoms with Gasteiger partial charge in [0.15, 0.2) is 11.4 Å². The van der Waals surface area contributed by atoms with Crippen molar-refractivity contribution in [3.63, 3.8) is 0 Å². The van der Waals surface area contributed by atoms with E-state index in [0.29, 0.717) is 43.3 Å². The van der Waals surface area contributed by atoms with E-state index in [1.54, 1.807) is 6.07 Å². The van der Waals surface area contributed by atoms with Crippen molar-refractivity contribution in [2.45, 2.75) is 43.7 Å². The van der Waals surface area contributed by atoms with Crippen molar-refractivity contribution >= 4 is 17.4 Å². The molecule has 4 fully saturated rings. The zero-order valence-electron chi connectivity index (χ0n) is 15.0. The molecule has 2 amide bonds. The van der Waals surface area contributed by atoms with Crippen LogP contribution in [0.1, 0.15) is 32.1 Å². The van der Waals surface area contributed by atoms with Gasteiger partial charge in [-0.05, 0) is 44.1 Å². The number of hydrogen-bond acceptors (Lipinski definition) is 5. The van der Waals surface area contributed by atoms with E-state index in [-0.39, 0.29) is 28.0 Å². The number of amides is 2. The van der Waals surface area contributed by atoms with Gasteiger partial charge in [-0.2, -0.15) is 4.48 Å². The minimum absolute atomic E-state index is 0.0519.